The van der Waals surface area contributed by atoms with Crippen LogP contribution in [-0.2, 0) is 24.8 Å². The molecule has 0 heterocycles. The van der Waals surface area contributed by atoms with Crippen LogP contribution in [0.5, 0.6) is 0 Å². The van der Waals surface area contributed by atoms with E-state index in [1.165, 1.54) is 16.7 Å². The third-order valence-corrected chi connectivity index (χ3v) is 3.73. The smallest absolute Gasteiger partial charge is 0.0681 e. The molecule has 1 nitrogen and oxygen atoms in total. The molecule has 0 aliphatic rings. The quantitative estimate of drug-likeness (QED) is 0.832. The monoisotopic (exact) mass is 304 g/mol. The molecule has 2 rings (SSSR count). The van der Waals surface area contributed by atoms with Crippen LogP contribution in [0.4, 0.5) is 0 Å². The van der Waals surface area contributed by atoms with Gasteiger partial charge in [0.25, 0.3) is 0 Å². The lowest BCUT2D eigenvalue weighted by atomic mass is 10.0. The van der Waals surface area contributed by atoms with Crippen molar-refractivity contribution >= 4 is 15.9 Å². The fourth-order valence-corrected chi connectivity index (χ4v) is 2.27. The highest BCUT2D eigenvalue weighted by Gasteiger charge is 1.97. The van der Waals surface area contributed by atoms with Gasteiger partial charge in [0.1, 0.15) is 0 Å². The highest BCUT2D eigenvalue weighted by Crippen LogP contribution is 2.12. The number of hydrogen-bond acceptors (Lipinski definition) is 1. The zero-order chi connectivity index (χ0) is 12.8. The second-order valence-electron chi connectivity index (χ2n) is 4.42. The van der Waals surface area contributed by atoms with E-state index in [9.17, 15) is 0 Å². The first kappa shape index (κ1) is 13.3. The maximum absolute atomic E-state index is 8.98. The Bertz CT molecular complexity index is 426. The molecule has 0 aliphatic carbocycles. The zero-order valence-electron chi connectivity index (χ0n) is 10.3. The third-order valence-electron chi connectivity index (χ3n) is 3.09. The summed E-state index contributed by atoms with van der Waals surface area (Å²) in [5.41, 5.74) is 4.97. The molecule has 0 aliphatic heterocycles. The Morgan fingerprint density at radius 2 is 1.06 bits per heavy atom. The van der Waals surface area contributed by atoms with Gasteiger partial charge in [0, 0.05) is 5.33 Å². The second-order valence-corrected chi connectivity index (χ2v) is 4.99. The van der Waals surface area contributed by atoms with E-state index in [0.29, 0.717) is 0 Å². The Morgan fingerprint density at radius 3 is 1.44 bits per heavy atom. The van der Waals surface area contributed by atoms with Gasteiger partial charge in [-0.3, -0.25) is 0 Å². The molecule has 18 heavy (non-hydrogen) atoms. The van der Waals surface area contributed by atoms with Gasteiger partial charge in [-0.25, -0.2) is 0 Å². The van der Waals surface area contributed by atoms with Crippen LogP contribution in [0.15, 0.2) is 48.5 Å². The molecule has 0 saturated heterocycles. The van der Waals surface area contributed by atoms with Crippen molar-refractivity contribution < 1.29 is 5.11 Å². The first-order chi connectivity index (χ1) is 8.81. The fourth-order valence-electron chi connectivity index (χ4n) is 1.90. The molecule has 0 radical (unpaired) electrons. The summed E-state index contributed by atoms with van der Waals surface area (Å²) in [6, 6.07) is 16.9. The van der Waals surface area contributed by atoms with E-state index in [4.69, 9.17) is 5.11 Å². The number of aryl methyl sites for hydroxylation is 2. The molecule has 2 aromatic rings. The zero-order valence-corrected chi connectivity index (χ0v) is 11.9. The van der Waals surface area contributed by atoms with Crippen LogP contribution < -0.4 is 0 Å². The summed E-state index contributed by atoms with van der Waals surface area (Å²) in [4.78, 5) is 0. The number of benzene rings is 2. The van der Waals surface area contributed by atoms with Crippen LogP contribution in [-0.4, -0.2) is 5.11 Å². The van der Waals surface area contributed by atoms with E-state index in [1.54, 1.807) is 0 Å². The molecule has 0 bridgehead atoms. The summed E-state index contributed by atoms with van der Waals surface area (Å²) in [5.74, 6) is 0. The molecule has 0 atom stereocenters. The van der Waals surface area contributed by atoms with Crippen molar-refractivity contribution in [3.8, 4) is 0 Å². The molecular weight excluding hydrogens is 288 g/mol. The van der Waals surface area contributed by atoms with Gasteiger partial charge in [-0.1, -0.05) is 64.5 Å². The predicted molar refractivity (Wildman–Crippen MR) is 78.8 cm³/mol. The lowest BCUT2D eigenvalue weighted by Gasteiger charge is -2.04. The number of rotatable bonds is 5. The largest absolute Gasteiger partial charge is 0.392 e. The summed E-state index contributed by atoms with van der Waals surface area (Å²) in [6.07, 6.45) is 2.10. The highest BCUT2D eigenvalue weighted by molar-refractivity contribution is 9.08. The molecule has 0 aromatic heterocycles. The highest BCUT2D eigenvalue weighted by atomic mass is 79.9. The maximum atomic E-state index is 8.98. The van der Waals surface area contributed by atoms with E-state index < -0.39 is 0 Å². The molecule has 2 aromatic carbocycles. The van der Waals surface area contributed by atoms with Crippen LogP contribution >= 0.6 is 15.9 Å². The Labute approximate surface area is 117 Å². The minimum atomic E-state index is 0.119. The van der Waals surface area contributed by atoms with Crippen molar-refractivity contribution in [1.29, 1.82) is 0 Å². The Kier molecular flexibility index (Phi) is 4.97. The number of aliphatic hydroxyl groups is 1. The van der Waals surface area contributed by atoms with Crippen molar-refractivity contribution in [2.45, 2.75) is 24.8 Å². The van der Waals surface area contributed by atoms with E-state index >= 15 is 0 Å². The lowest BCUT2D eigenvalue weighted by Crippen LogP contribution is -1.92. The van der Waals surface area contributed by atoms with Gasteiger partial charge >= 0.3 is 0 Å². The van der Waals surface area contributed by atoms with Gasteiger partial charge in [0.2, 0.25) is 0 Å². The van der Waals surface area contributed by atoms with Gasteiger partial charge in [-0.15, -0.1) is 0 Å². The van der Waals surface area contributed by atoms with Gasteiger partial charge in [0.15, 0.2) is 0 Å². The molecule has 0 saturated carbocycles. The summed E-state index contributed by atoms with van der Waals surface area (Å²) < 4.78 is 0. The van der Waals surface area contributed by atoms with Gasteiger partial charge in [-0.2, -0.15) is 0 Å². The first-order valence-electron chi connectivity index (χ1n) is 6.14. The summed E-state index contributed by atoms with van der Waals surface area (Å²) in [6.45, 7) is 0.119. The summed E-state index contributed by atoms with van der Waals surface area (Å²) >= 11 is 3.45. The SMILES string of the molecule is OCc1ccc(CCc2ccc(CBr)cc2)cc1. The molecule has 94 valence electrons. The van der Waals surface area contributed by atoms with Crippen LogP contribution in [0, 0.1) is 0 Å². The van der Waals surface area contributed by atoms with Gasteiger partial charge in [0.05, 0.1) is 6.61 Å². The normalized spacial score (nSPS) is 10.6. The average molecular weight is 305 g/mol. The summed E-state index contributed by atoms with van der Waals surface area (Å²) in [7, 11) is 0. The number of halogens is 1. The van der Waals surface area contributed by atoms with Gasteiger partial charge in [-0.05, 0) is 35.1 Å². The van der Waals surface area contributed by atoms with Crippen LogP contribution in [0.25, 0.3) is 0 Å². The molecule has 2 heteroatoms. The van der Waals surface area contributed by atoms with Crippen LogP contribution in [0.2, 0.25) is 0 Å². The molecule has 1 N–H and O–H groups in total. The van der Waals surface area contributed by atoms with Crippen molar-refractivity contribution in [2.75, 3.05) is 0 Å². The molecule has 0 fully saturated rings. The number of alkyl halides is 1. The molecule has 0 amide bonds. The van der Waals surface area contributed by atoms with E-state index in [-0.39, 0.29) is 6.61 Å². The minimum Gasteiger partial charge on any atom is -0.392 e. The Morgan fingerprint density at radius 1 is 0.667 bits per heavy atom. The topological polar surface area (TPSA) is 20.2 Å². The minimum absolute atomic E-state index is 0.119. The van der Waals surface area contributed by atoms with Crippen LogP contribution in [0.3, 0.4) is 0 Å². The van der Waals surface area contributed by atoms with E-state index in [2.05, 4.69) is 52.3 Å². The average Bonchev–Trinajstić information content (AvgIpc) is 2.46. The molecule has 0 spiro atoms. The van der Waals surface area contributed by atoms with Crippen molar-refractivity contribution in [3.05, 3.63) is 70.8 Å². The van der Waals surface area contributed by atoms with E-state index in [0.717, 1.165) is 23.7 Å². The van der Waals surface area contributed by atoms with Crippen molar-refractivity contribution in [2.24, 2.45) is 0 Å². The van der Waals surface area contributed by atoms with Crippen LogP contribution in [0.1, 0.15) is 22.3 Å². The Hall–Kier alpha value is -1.12. The van der Waals surface area contributed by atoms with Gasteiger partial charge < -0.3 is 5.11 Å². The standard InChI is InChI=1S/C16H17BrO/c17-11-15-7-3-13(4-8-15)1-2-14-5-9-16(12-18)10-6-14/h3-10,18H,1-2,11-12H2. The lowest BCUT2D eigenvalue weighted by molar-refractivity contribution is 0.282. The summed E-state index contributed by atoms with van der Waals surface area (Å²) in [5, 5.41) is 9.89. The second kappa shape index (κ2) is 6.72. The van der Waals surface area contributed by atoms with Crippen molar-refractivity contribution in [1.82, 2.24) is 0 Å². The van der Waals surface area contributed by atoms with E-state index in [1.807, 2.05) is 12.1 Å². The third kappa shape index (κ3) is 3.69. The predicted octanol–water partition coefficient (Wildman–Crippen LogP) is 3.86. The number of aliphatic hydroxyl groups excluding tert-OH is 1. The molecular formula is C16H17BrO. The van der Waals surface area contributed by atoms with Crippen molar-refractivity contribution in [3.63, 3.8) is 0 Å². The maximum Gasteiger partial charge on any atom is 0.0681 e. The fraction of sp³-hybridized carbons (Fsp3) is 0.250. The molecule has 0 unspecified atom stereocenters. The Balaban J connectivity index is 1.93. The number of hydrogen-bond donors (Lipinski definition) is 1. The first-order valence-corrected chi connectivity index (χ1v) is 7.26.